The lowest BCUT2D eigenvalue weighted by Gasteiger charge is -2.00. The smallest absolute Gasteiger partial charge is 0.289 e. The van der Waals surface area contributed by atoms with Gasteiger partial charge in [0.2, 0.25) is 0 Å². The molecule has 2 aromatic heterocycles. The topological polar surface area (TPSA) is 77.5 Å². The zero-order valence-electron chi connectivity index (χ0n) is 14.2. The molecule has 0 spiro atoms. The molecule has 6 nitrogen and oxygen atoms in total. The predicted octanol–water partition coefficient (Wildman–Crippen LogP) is 5.07. The largest absolute Gasteiger partial charge is 0.319 e. The van der Waals surface area contributed by atoms with E-state index < -0.39 is 4.92 Å². The van der Waals surface area contributed by atoms with Gasteiger partial charge in [-0.25, -0.2) is 0 Å². The predicted molar refractivity (Wildman–Crippen MR) is 109 cm³/mol. The van der Waals surface area contributed by atoms with Crippen LogP contribution in [0.1, 0.15) is 15.2 Å². The van der Waals surface area contributed by atoms with Crippen molar-refractivity contribution in [3.8, 4) is 0 Å². The molecule has 0 N–H and O–H groups in total. The number of hydrogen-bond donors (Lipinski definition) is 0. The number of halogens is 1. The molecule has 0 aliphatic heterocycles. The van der Waals surface area contributed by atoms with Crippen LogP contribution in [0, 0.1) is 17.0 Å². The van der Waals surface area contributed by atoms with Crippen molar-refractivity contribution in [1.29, 1.82) is 0 Å². The summed E-state index contributed by atoms with van der Waals surface area (Å²) >= 11 is 8.91. The molecule has 0 fully saturated rings. The monoisotopic (exact) mass is 417 g/mol. The number of amides is 1. The third kappa shape index (κ3) is 3.05. The molecule has 27 heavy (non-hydrogen) atoms. The quantitative estimate of drug-likeness (QED) is 0.337. The maximum atomic E-state index is 12.7. The first-order valence-electron chi connectivity index (χ1n) is 7.87. The van der Waals surface area contributed by atoms with Crippen molar-refractivity contribution < 1.29 is 9.72 Å². The SMILES string of the molecule is Cc1ccc(Cl)c2sc(=NC(=O)c3cc4cc([N+](=O)[O-])ccc4s3)n(C)c12. The second-order valence-corrected chi connectivity index (χ2v) is 8.46. The molecule has 0 radical (unpaired) electrons. The highest BCUT2D eigenvalue weighted by Gasteiger charge is 2.15. The second-order valence-electron chi connectivity index (χ2n) is 5.99. The average molecular weight is 418 g/mol. The minimum atomic E-state index is -0.452. The van der Waals surface area contributed by atoms with E-state index in [0.717, 1.165) is 20.5 Å². The number of carbonyl (C=O) groups is 1. The Morgan fingerprint density at radius 1 is 1.22 bits per heavy atom. The van der Waals surface area contributed by atoms with Crippen molar-refractivity contribution in [3.05, 3.63) is 66.8 Å². The Bertz CT molecular complexity index is 1320. The number of thiophene rings is 1. The van der Waals surface area contributed by atoms with Crippen molar-refractivity contribution >= 4 is 66.2 Å². The van der Waals surface area contributed by atoms with Gasteiger partial charge in [0.05, 0.1) is 25.0 Å². The van der Waals surface area contributed by atoms with E-state index in [2.05, 4.69) is 4.99 Å². The number of carbonyl (C=O) groups excluding carboxylic acids is 1. The highest BCUT2D eigenvalue weighted by molar-refractivity contribution is 7.21. The van der Waals surface area contributed by atoms with Gasteiger partial charge in [0.1, 0.15) is 0 Å². The summed E-state index contributed by atoms with van der Waals surface area (Å²) < 4.78 is 3.55. The number of thiazole rings is 1. The molecule has 0 aliphatic rings. The van der Waals surface area contributed by atoms with Gasteiger partial charge in [0, 0.05) is 29.3 Å². The van der Waals surface area contributed by atoms with Crippen LogP contribution in [-0.4, -0.2) is 15.4 Å². The van der Waals surface area contributed by atoms with Crippen molar-refractivity contribution in [3.63, 3.8) is 0 Å². The number of aryl methyl sites for hydroxylation is 2. The Morgan fingerprint density at radius 2 is 2.00 bits per heavy atom. The molecule has 9 heteroatoms. The molecular weight excluding hydrogens is 406 g/mol. The number of nitro groups is 1. The number of benzene rings is 2. The first-order chi connectivity index (χ1) is 12.8. The molecule has 4 aromatic rings. The molecule has 0 bridgehead atoms. The molecule has 0 aliphatic carbocycles. The van der Waals surface area contributed by atoms with Gasteiger partial charge < -0.3 is 4.57 Å². The molecule has 0 saturated heterocycles. The molecular formula is C18H12ClN3O3S2. The Morgan fingerprint density at radius 3 is 2.70 bits per heavy atom. The van der Waals surface area contributed by atoms with Crippen molar-refractivity contribution in [1.82, 2.24) is 4.57 Å². The summed E-state index contributed by atoms with van der Waals surface area (Å²) in [5.74, 6) is -0.380. The van der Waals surface area contributed by atoms with Gasteiger partial charge in [0.25, 0.3) is 11.6 Å². The van der Waals surface area contributed by atoms with Gasteiger partial charge >= 0.3 is 0 Å². The standard InChI is InChI=1S/C18H12ClN3O3S2/c1-9-3-5-12(19)16-15(9)21(2)18(27-16)20-17(23)14-8-10-7-11(22(24)25)4-6-13(10)26-14/h3-8H,1-2H3. The average Bonchev–Trinajstić information content (AvgIpc) is 3.20. The van der Waals surface area contributed by atoms with Gasteiger partial charge in [-0.3, -0.25) is 14.9 Å². The van der Waals surface area contributed by atoms with Crippen LogP contribution in [0.3, 0.4) is 0 Å². The van der Waals surface area contributed by atoms with Gasteiger partial charge in [0.15, 0.2) is 4.80 Å². The Kier molecular flexibility index (Phi) is 4.33. The number of non-ortho nitro benzene ring substituents is 1. The maximum Gasteiger partial charge on any atom is 0.289 e. The summed E-state index contributed by atoms with van der Waals surface area (Å²) in [5.41, 5.74) is 2.00. The third-order valence-corrected chi connectivity index (χ3v) is 6.92. The van der Waals surface area contributed by atoms with Crippen LogP contribution in [0.15, 0.2) is 41.4 Å². The first kappa shape index (κ1) is 17.8. The molecule has 2 aromatic carbocycles. The summed E-state index contributed by atoms with van der Waals surface area (Å²) in [6, 6.07) is 9.95. The summed E-state index contributed by atoms with van der Waals surface area (Å²) in [6.45, 7) is 1.98. The zero-order chi connectivity index (χ0) is 19.3. The number of nitrogens with zero attached hydrogens (tertiary/aromatic N) is 3. The minimum Gasteiger partial charge on any atom is -0.319 e. The fraction of sp³-hybridized carbons (Fsp3) is 0.111. The molecule has 4 rings (SSSR count). The van der Waals surface area contributed by atoms with Crippen molar-refractivity contribution in [2.45, 2.75) is 6.92 Å². The highest BCUT2D eigenvalue weighted by atomic mass is 35.5. The Hall–Kier alpha value is -2.55. The van der Waals surface area contributed by atoms with E-state index in [9.17, 15) is 14.9 Å². The van der Waals surface area contributed by atoms with E-state index in [1.165, 1.54) is 34.8 Å². The van der Waals surface area contributed by atoms with Crippen LogP contribution in [-0.2, 0) is 7.05 Å². The molecule has 1 amide bonds. The third-order valence-electron chi connectivity index (χ3n) is 4.22. The molecule has 0 unspecified atom stereocenters. The molecule has 0 atom stereocenters. The van der Waals surface area contributed by atoms with Crippen LogP contribution in [0.4, 0.5) is 5.69 Å². The van der Waals surface area contributed by atoms with E-state index in [1.54, 1.807) is 12.1 Å². The molecule has 0 saturated carbocycles. The Balaban J connectivity index is 1.82. The lowest BCUT2D eigenvalue weighted by molar-refractivity contribution is -0.384. The van der Waals surface area contributed by atoms with Crippen molar-refractivity contribution in [2.75, 3.05) is 0 Å². The van der Waals surface area contributed by atoms with E-state index in [-0.39, 0.29) is 11.6 Å². The van der Waals surface area contributed by atoms with E-state index in [1.807, 2.05) is 30.7 Å². The summed E-state index contributed by atoms with van der Waals surface area (Å²) in [5, 5.41) is 12.2. The second kappa shape index (κ2) is 6.56. The van der Waals surface area contributed by atoms with Crippen LogP contribution in [0.25, 0.3) is 20.3 Å². The van der Waals surface area contributed by atoms with E-state index in [0.29, 0.717) is 20.1 Å². The normalized spacial score (nSPS) is 12.2. The van der Waals surface area contributed by atoms with Crippen LogP contribution >= 0.6 is 34.3 Å². The fourth-order valence-corrected chi connectivity index (χ4v) is 5.20. The lowest BCUT2D eigenvalue weighted by Crippen LogP contribution is -2.13. The van der Waals surface area contributed by atoms with E-state index in [4.69, 9.17) is 11.6 Å². The maximum absolute atomic E-state index is 12.7. The van der Waals surface area contributed by atoms with Gasteiger partial charge in [-0.05, 0) is 30.7 Å². The molecule has 2 heterocycles. The Labute approximate surface area is 166 Å². The number of rotatable bonds is 2. The van der Waals surface area contributed by atoms with Gasteiger partial charge in [-0.15, -0.1) is 11.3 Å². The highest BCUT2D eigenvalue weighted by Crippen LogP contribution is 2.30. The molecule has 136 valence electrons. The lowest BCUT2D eigenvalue weighted by atomic mass is 10.2. The number of aromatic nitrogens is 1. The van der Waals surface area contributed by atoms with Crippen LogP contribution in [0.2, 0.25) is 5.02 Å². The zero-order valence-corrected chi connectivity index (χ0v) is 16.6. The van der Waals surface area contributed by atoms with Crippen LogP contribution in [0.5, 0.6) is 0 Å². The van der Waals surface area contributed by atoms with Crippen molar-refractivity contribution in [2.24, 2.45) is 12.0 Å². The van der Waals surface area contributed by atoms with Gasteiger partial charge in [-0.1, -0.05) is 29.0 Å². The van der Waals surface area contributed by atoms with Gasteiger partial charge in [-0.2, -0.15) is 4.99 Å². The summed E-state index contributed by atoms with van der Waals surface area (Å²) in [4.78, 5) is 28.4. The number of nitro benzene ring substituents is 1. The number of hydrogen-bond acceptors (Lipinski definition) is 5. The summed E-state index contributed by atoms with van der Waals surface area (Å²) in [6.07, 6.45) is 0. The first-order valence-corrected chi connectivity index (χ1v) is 9.88. The number of fused-ring (bicyclic) bond motifs is 2. The fourth-order valence-electron chi connectivity index (χ4n) is 2.90. The van der Waals surface area contributed by atoms with Crippen LogP contribution < -0.4 is 4.80 Å². The minimum absolute atomic E-state index is 0.00254. The van der Waals surface area contributed by atoms with E-state index >= 15 is 0 Å². The summed E-state index contributed by atoms with van der Waals surface area (Å²) in [7, 11) is 1.85.